The monoisotopic (exact) mass is 338 g/mol. The van der Waals surface area contributed by atoms with Crippen molar-refractivity contribution in [2.75, 3.05) is 14.2 Å². The molecule has 2 aromatic rings. The molecule has 0 saturated carbocycles. The van der Waals surface area contributed by atoms with Gasteiger partial charge in [-0.05, 0) is 42.3 Å². The lowest BCUT2D eigenvalue weighted by atomic mass is 10.1. The number of nitrogens with one attached hydrogen (secondary N) is 1. The molecule has 1 heterocycles. The summed E-state index contributed by atoms with van der Waals surface area (Å²) in [7, 11) is 3.17. The maximum atomic E-state index is 12.3. The number of aromatic nitrogens is 1. The molecule has 0 spiro atoms. The molecular weight excluding hydrogens is 316 g/mol. The van der Waals surface area contributed by atoms with E-state index in [1.54, 1.807) is 44.8 Å². The number of rotatable bonds is 8. The lowest BCUT2D eigenvalue weighted by Gasteiger charge is -2.16. The summed E-state index contributed by atoms with van der Waals surface area (Å²) in [5, 5.41) is 2.97. The van der Waals surface area contributed by atoms with E-state index in [2.05, 4.69) is 16.9 Å². The van der Waals surface area contributed by atoms with E-state index in [4.69, 9.17) is 9.47 Å². The predicted octanol–water partition coefficient (Wildman–Crippen LogP) is 3.55. The van der Waals surface area contributed by atoms with Crippen molar-refractivity contribution >= 4 is 12.0 Å². The molecule has 0 saturated heterocycles. The Labute approximate surface area is 148 Å². The van der Waals surface area contributed by atoms with E-state index in [0.29, 0.717) is 17.9 Å². The molecule has 1 atom stereocenters. The minimum Gasteiger partial charge on any atom is -0.497 e. The smallest absolute Gasteiger partial charge is 0.244 e. The zero-order valence-corrected chi connectivity index (χ0v) is 14.4. The van der Waals surface area contributed by atoms with Gasteiger partial charge in [-0.1, -0.05) is 6.08 Å². The van der Waals surface area contributed by atoms with Gasteiger partial charge >= 0.3 is 0 Å². The summed E-state index contributed by atoms with van der Waals surface area (Å²) in [5.41, 5.74) is 1.78. The van der Waals surface area contributed by atoms with Crippen LogP contribution in [0.25, 0.3) is 6.08 Å². The highest BCUT2D eigenvalue weighted by Crippen LogP contribution is 2.25. The van der Waals surface area contributed by atoms with Crippen LogP contribution in [0.5, 0.6) is 11.5 Å². The van der Waals surface area contributed by atoms with Gasteiger partial charge in [0.15, 0.2) is 0 Å². The molecule has 0 radical (unpaired) electrons. The zero-order valence-electron chi connectivity index (χ0n) is 14.4. The minimum absolute atomic E-state index is 0.143. The maximum Gasteiger partial charge on any atom is 0.244 e. The topological polar surface area (TPSA) is 60.5 Å². The molecule has 1 amide bonds. The third kappa shape index (κ3) is 5.21. The third-order valence-corrected chi connectivity index (χ3v) is 3.68. The van der Waals surface area contributed by atoms with E-state index >= 15 is 0 Å². The van der Waals surface area contributed by atoms with E-state index in [-0.39, 0.29) is 11.9 Å². The lowest BCUT2D eigenvalue weighted by molar-refractivity contribution is -0.117. The van der Waals surface area contributed by atoms with Crippen molar-refractivity contribution in [1.29, 1.82) is 0 Å². The molecule has 0 fully saturated rings. The van der Waals surface area contributed by atoms with Crippen LogP contribution in [-0.2, 0) is 4.79 Å². The van der Waals surface area contributed by atoms with Crippen LogP contribution < -0.4 is 14.8 Å². The standard InChI is InChI=1S/C20H22N2O3/c1-4-5-18(15-10-12-21-13-11-15)22-20(23)9-7-16-6-8-17(24-2)14-19(16)25-3/h4,6-14,18H,1,5H2,2-3H3,(H,22,23)/b9-7-/t18-/m0/s1. The molecule has 5 nitrogen and oxygen atoms in total. The first-order chi connectivity index (χ1) is 12.2. The maximum absolute atomic E-state index is 12.3. The fraction of sp³-hybridized carbons (Fsp3) is 0.200. The Kier molecular flexibility index (Phi) is 6.77. The Hall–Kier alpha value is -3.08. The Morgan fingerprint density at radius 2 is 2.00 bits per heavy atom. The van der Waals surface area contributed by atoms with Crippen molar-refractivity contribution in [1.82, 2.24) is 10.3 Å². The Morgan fingerprint density at radius 1 is 1.24 bits per heavy atom. The quantitative estimate of drug-likeness (QED) is 0.591. The Balaban J connectivity index is 2.10. The first kappa shape index (κ1) is 18.3. The van der Waals surface area contributed by atoms with Gasteiger partial charge in [0.05, 0.1) is 20.3 Å². The van der Waals surface area contributed by atoms with Crippen LogP contribution in [0.4, 0.5) is 0 Å². The van der Waals surface area contributed by atoms with Crippen LogP contribution in [0.2, 0.25) is 0 Å². The first-order valence-corrected chi connectivity index (χ1v) is 7.89. The number of pyridine rings is 1. The third-order valence-electron chi connectivity index (χ3n) is 3.68. The fourth-order valence-electron chi connectivity index (χ4n) is 2.38. The second kappa shape index (κ2) is 9.27. The highest BCUT2D eigenvalue weighted by Gasteiger charge is 2.11. The van der Waals surface area contributed by atoms with Gasteiger partial charge in [0.25, 0.3) is 0 Å². The van der Waals surface area contributed by atoms with Gasteiger partial charge < -0.3 is 14.8 Å². The average molecular weight is 338 g/mol. The Bertz CT molecular complexity index is 742. The second-order valence-corrected chi connectivity index (χ2v) is 5.31. The van der Waals surface area contributed by atoms with Crippen molar-refractivity contribution < 1.29 is 14.3 Å². The van der Waals surface area contributed by atoms with Gasteiger partial charge in [0.1, 0.15) is 11.5 Å². The van der Waals surface area contributed by atoms with E-state index in [1.165, 1.54) is 6.08 Å². The van der Waals surface area contributed by atoms with Crippen LogP contribution in [-0.4, -0.2) is 25.1 Å². The summed E-state index contributed by atoms with van der Waals surface area (Å²) in [6, 6.07) is 9.04. The summed E-state index contributed by atoms with van der Waals surface area (Å²) < 4.78 is 10.5. The SMILES string of the molecule is C=CC[C@H](NC(=O)/C=C\c1ccc(OC)cc1OC)c1ccncc1. The molecule has 5 heteroatoms. The number of hydrogen-bond acceptors (Lipinski definition) is 4. The molecule has 0 unspecified atom stereocenters. The highest BCUT2D eigenvalue weighted by atomic mass is 16.5. The molecule has 25 heavy (non-hydrogen) atoms. The summed E-state index contributed by atoms with van der Waals surface area (Å²) in [6.07, 6.45) is 9.02. The van der Waals surface area contributed by atoms with E-state index in [9.17, 15) is 4.79 Å². The molecule has 0 aliphatic heterocycles. The normalized spacial score (nSPS) is 11.8. The molecule has 1 N–H and O–H groups in total. The van der Waals surface area contributed by atoms with Crippen LogP contribution in [0.3, 0.4) is 0 Å². The number of carbonyl (C=O) groups is 1. The largest absolute Gasteiger partial charge is 0.497 e. The fourth-order valence-corrected chi connectivity index (χ4v) is 2.38. The van der Waals surface area contributed by atoms with E-state index in [1.807, 2.05) is 24.3 Å². The van der Waals surface area contributed by atoms with Crippen LogP contribution in [0, 0.1) is 0 Å². The molecule has 0 aliphatic rings. The van der Waals surface area contributed by atoms with E-state index in [0.717, 1.165) is 11.1 Å². The second-order valence-electron chi connectivity index (χ2n) is 5.31. The van der Waals surface area contributed by atoms with Crippen LogP contribution in [0.1, 0.15) is 23.6 Å². The van der Waals surface area contributed by atoms with Gasteiger partial charge in [0.2, 0.25) is 5.91 Å². The molecule has 0 bridgehead atoms. The molecule has 2 rings (SSSR count). The van der Waals surface area contributed by atoms with Crippen molar-refractivity contribution in [3.63, 3.8) is 0 Å². The Morgan fingerprint density at radius 3 is 2.64 bits per heavy atom. The summed E-state index contributed by atoms with van der Waals surface area (Å²) in [6.45, 7) is 3.75. The summed E-state index contributed by atoms with van der Waals surface area (Å²) in [4.78, 5) is 16.3. The molecule has 130 valence electrons. The molecular formula is C20H22N2O3. The molecule has 0 aliphatic carbocycles. The van der Waals surface area contributed by atoms with E-state index < -0.39 is 0 Å². The van der Waals surface area contributed by atoms with Crippen molar-refractivity contribution in [2.45, 2.75) is 12.5 Å². The molecule has 1 aromatic carbocycles. The highest BCUT2D eigenvalue weighted by molar-refractivity contribution is 5.92. The number of amides is 1. The van der Waals surface area contributed by atoms with Gasteiger partial charge in [-0.3, -0.25) is 9.78 Å². The van der Waals surface area contributed by atoms with Crippen molar-refractivity contribution in [2.24, 2.45) is 0 Å². The first-order valence-electron chi connectivity index (χ1n) is 7.89. The van der Waals surface area contributed by atoms with Crippen LogP contribution in [0.15, 0.2) is 61.5 Å². The summed E-state index contributed by atoms with van der Waals surface area (Å²) >= 11 is 0. The minimum atomic E-state index is -0.193. The van der Waals surface area contributed by atoms with Crippen molar-refractivity contribution in [3.05, 3.63) is 72.6 Å². The number of benzene rings is 1. The lowest BCUT2D eigenvalue weighted by Crippen LogP contribution is -2.26. The summed E-state index contributed by atoms with van der Waals surface area (Å²) in [5.74, 6) is 1.14. The van der Waals surface area contributed by atoms with Gasteiger partial charge in [-0.2, -0.15) is 0 Å². The number of nitrogens with zero attached hydrogens (tertiary/aromatic N) is 1. The number of ether oxygens (including phenoxy) is 2. The van der Waals surface area contributed by atoms with Crippen LogP contribution >= 0.6 is 0 Å². The average Bonchev–Trinajstić information content (AvgIpc) is 2.66. The van der Waals surface area contributed by atoms with Crippen molar-refractivity contribution in [3.8, 4) is 11.5 Å². The van der Waals surface area contributed by atoms with Gasteiger partial charge in [-0.25, -0.2) is 0 Å². The van der Waals surface area contributed by atoms with Gasteiger partial charge in [0, 0.05) is 30.1 Å². The number of methoxy groups -OCH3 is 2. The van der Waals surface area contributed by atoms with Gasteiger partial charge in [-0.15, -0.1) is 6.58 Å². The number of carbonyl (C=O) groups excluding carboxylic acids is 1. The predicted molar refractivity (Wildman–Crippen MR) is 98.5 cm³/mol. The number of hydrogen-bond donors (Lipinski definition) is 1. The zero-order chi connectivity index (χ0) is 18.1. The molecule has 1 aromatic heterocycles.